The molecule has 3 rings (SSSR count). The number of aromatic hydroxyl groups is 1. The molecule has 0 saturated heterocycles. The van der Waals surface area contributed by atoms with E-state index < -0.39 is 12.6 Å². The van der Waals surface area contributed by atoms with Crippen molar-refractivity contribution in [2.45, 2.75) is 12.8 Å². The summed E-state index contributed by atoms with van der Waals surface area (Å²) in [5, 5.41) is 20.4. The second kappa shape index (κ2) is 7.77. The van der Waals surface area contributed by atoms with Gasteiger partial charge in [-0.2, -0.15) is 0 Å². The van der Waals surface area contributed by atoms with E-state index in [-0.39, 0.29) is 29.3 Å². The van der Waals surface area contributed by atoms with Gasteiger partial charge in [0.15, 0.2) is 17.3 Å². The molecule has 0 aliphatic carbocycles. The summed E-state index contributed by atoms with van der Waals surface area (Å²) < 4.78 is 16.1. The topological polar surface area (TPSA) is 105 Å². The second-order valence-corrected chi connectivity index (χ2v) is 5.77. The highest BCUT2D eigenvalue weighted by Gasteiger charge is 2.16. The van der Waals surface area contributed by atoms with Gasteiger partial charge >= 0.3 is 0 Å². The Morgan fingerprint density at radius 2 is 1.85 bits per heavy atom. The van der Waals surface area contributed by atoms with Crippen LogP contribution in [0, 0.1) is 0 Å². The standard InChI is InChI=1S/C19H18O7/c20-15(14-4-3-13(10-16(14)21)26-11-19(22)23)8-12-2-5-17-18(9-12)25-7-1-6-24-17/h2-5,9-10,21H,1,6-8,11H2,(H,22,23)/p-1. The van der Waals surface area contributed by atoms with E-state index in [0.717, 1.165) is 12.0 Å². The fraction of sp³-hybridized carbons (Fsp3) is 0.263. The predicted molar refractivity (Wildman–Crippen MR) is 88.7 cm³/mol. The Labute approximate surface area is 149 Å². The van der Waals surface area contributed by atoms with Gasteiger partial charge in [0, 0.05) is 18.9 Å². The van der Waals surface area contributed by atoms with Gasteiger partial charge in [-0.15, -0.1) is 0 Å². The van der Waals surface area contributed by atoms with Gasteiger partial charge in [0.2, 0.25) is 0 Å². The number of carbonyl (C=O) groups excluding carboxylic acids is 2. The van der Waals surface area contributed by atoms with Crippen molar-refractivity contribution in [1.29, 1.82) is 0 Å². The number of rotatable bonds is 6. The van der Waals surface area contributed by atoms with Gasteiger partial charge in [-0.3, -0.25) is 4.79 Å². The number of hydrogen-bond acceptors (Lipinski definition) is 7. The Kier molecular flexibility index (Phi) is 5.26. The monoisotopic (exact) mass is 357 g/mol. The Bertz CT molecular complexity index is 829. The number of phenolic OH excluding ortho intramolecular Hbond substituents is 1. The molecule has 0 bridgehead atoms. The summed E-state index contributed by atoms with van der Waals surface area (Å²) in [5.41, 5.74) is 0.855. The van der Waals surface area contributed by atoms with Crippen molar-refractivity contribution in [3.05, 3.63) is 47.5 Å². The minimum Gasteiger partial charge on any atom is -0.546 e. The smallest absolute Gasteiger partial charge is 0.170 e. The number of ketones is 1. The predicted octanol–water partition coefficient (Wildman–Crippen LogP) is 1.11. The molecule has 2 aromatic carbocycles. The Balaban J connectivity index is 1.71. The first-order valence-corrected chi connectivity index (χ1v) is 8.10. The van der Waals surface area contributed by atoms with Gasteiger partial charge in [-0.1, -0.05) is 6.07 Å². The van der Waals surface area contributed by atoms with E-state index in [1.54, 1.807) is 18.2 Å². The lowest BCUT2D eigenvalue weighted by atomic mass is 10.0. The van der Waals surface area contributed by atoms with Crippen LogP contribution >= 0.6 is 0 Å². The van der Waals surface area contributed by atoms with Crippen LogP contribution in [0.3, 0.4) is 0 Å². The molecule has 0 aromatic heterocycles. The van der Waals surface area contributed by atoms with Gasteiger partial charge in [0.05, 0.1) is 24.7 Å². The third-order valence-corrected chi connectivity index (χ3v) is 3.80. The van der Waals surface area contributed by atoms with Crippen molar-refractivity contribution in [2.24, 2.45) is 0 Å². The second-order valence-electron chi connectivity index (χ2n) is 5.77. The number of carbonyl (C=O) groups is 2. The summed E-state index contributed by atoms with van der Waals surface area (Å²) in [6, 6.07) is 9.31. The molecule has 0 spiro atoms. The van der Waals surface area contributed by atoms with E-state index >= 15 is 0 Å². The molecule has 0 fully saturated rings. The van der Waals surface area contributed by atoms with E-state index in [1.165, 1.54) is 18.2 Å². The Morgan fingerprint density at radius 3 is 2.58 bits per heavy atom. The molecule has 0 amide bonds. The van der Waals surface area contributed by atoms with Crippen molar-refractivity contribution in [1.82, 2.24) is 0 Å². The van der Waals surface area contributed by atoms with Crippen LogP contribution in [-0.4, -0.2) is 36.7 Å². The highest BCUT2D eigenvalue weighted by atomic mass is 16.5. The van der Waals surface area contributed by atoms with Crippen LogP contribution in [0.2, 0.25) is 0 Å². The lowest BCUT2D eigenvalue weighted by Crippen LogP contribution is -2.28. The fourth-order valence-electron chi connectivity index (χ4n) is 2.58. The molecular weight excluding hydrogens is 340 g/mol. The normalized spacial score (nSPS) is 12.9. The maximum atomic E-state index is 12.5. The molecule has 0 saturated carbocycles. The molecule has 1 aliphatic rings. The fourth-order valence-corrected chi connectivity index (χ4v) is 2.58. The third-order valence-electron chi connectivity index (χ3n) is 3.80. The number of aliphatic carboxylic acids is 1. The van der Waals surface area contributed by atoms with Crippen LogP contribution in [0.1, 0.15) is 22.3 Å². The number of hydrogen-bond donors (Lipinski definition) is 1. The van der Waals surface area contributed by atoms with Crippen molar-refractivity contribution in [3.8, 4) is 23.0 Å². The summed E-state index contributed by atoms with van der Waals surface area (Å²) in [5.74, 6) is -0.555. The first kappa shape index (κ1) is 17.6. The van der Waals surface area contributed by atoms with Crippen molar-refractivity contribution in [3.63, 3.8) is 0 Å². The van der Waals surface area contributed by atoms with Crippen molar-refractivity contribution in [2.75, 3.05) is 19.8 Å². The molecule has 1 heterocycles. The summed E-state index contributed by atoms with van der Waals surface area (Å²) in [4.78, 5) is 22.9. The first-order chi connectivity index (χ1) is 12.5. The van der Waals surface area contributed by atoms with E-state index in [9.17, 15) is 19.8 Å². The molecule has 136 valence electrons. The van der Waals surface area contributed by atoms with Crippen LogP contribution in [0.5, 0.6) is 23.0 Å². The highest BCUT2D eigenvalue weighted by molar-refractivity contribution is 6.00. The zero-order valence-electron chi connectivity index (χ0n) is 13.9. The zero-order valence-corrected chi connectivity index (χ0v) is 13.9. The largest absolute Gasteiger partial charge is 0.546 e. The van der Waals surface area contributed by atoms with E-state index in [1.807, 2.05) is 0 Å². The van der Waals surface area contributed by atoms with Crippen LogP contribution in [0.15, 0.2) is 36.4 Å². The van der Waals surface area contributed by atoms with Gasteiger partial charge in [0.1, 0.15) is 18.1 Å². The number of benzene rings is 2. The summed E-state index contributed by atoms with van der Waals surface area (Å²) in [6.45, 7) is 0.508. The average molecular weight is 357 g/mol. The number of carboxylic acids is 1. The molecule has 1 N–H and O–H groups in total. The first-order valence-electron chi connectivity index (χ1n) is 8.10. The van der Waals surface area contributed by atoms with E-state index in [0.29, 0.717) is 24.7 Å². The van der Waals surface area contributed by atoms with Gasteiger partial charge < -0.3 is 29.2 Å². The molecule has 26 heavy (non-hydrogen) atoms. The van der Waals surface area contributed by atoms with Crippen molar-refractivity contribution >= 4 is 11.8 Å². The minimum atomic E-state index is -1.38. The molecule has 0 unspecified atom stereocenters. The SMILES string of the molecule is O=C([O-])COc1ccc(C(=O)Cc2ccc3c(c2)OCCCO3)c(O)c1. The van der Waals surface area contributed by atoms with Crippen LogP contribution in [0.4, 0.5) is 0 Å². The minimum absolute atomic E-state index is 0.0729. The van der Waals surface area contributed by atoms with Gasteiger partial charge in [0.25, 0.3) is 0 Å². The number of Topliss-reactive ketones (excluding diaryl/α,β-unsaturated/α-hetero) is 1. The maximum absolute atomic E-state index is 12.5. The van der Waals surface area contributed by atoms with Gasteiger partial charge in [-0.05, 0) is 29.8 Å². The molecular formula is C19H17O7-. The number of ether oxygens (including phenoxy) is 3. The van der Waals surface area contributed by atoms with Crippen LogP contribution < -0.4 is 19.3 Å². The lowest BCUT2D eigenvalue weighted by Gasteiger charge is -2.11. The highest BCUT2D eigenvalue weighted by Crippen LogP contribution is 2.31. The summed E-state index contributed by atoms with van der Waals surface area (Å²) >= 11 is 0. The maximum Gasteiger partial charge on any atom is 0.170 e. The van der Waals surface area contributed by atoms with E-state index in [2.05, 4.69) is 0 Å². The van der Waals surface area contributed by atoms with Gasteiger partial charge in [-0.25, -0.2) is 0 Å². The summed E-state index contributed by atoms with van der Waals surface area (Å²) in [7, 11) is 0. The Hall–Kier alpha value is -3.22. The van der Waals surface area contributed by atoms with E-state index in [4.69, 9.17) is 14.2 Å². The van der Waals surface area contributed by atoms with Crippen LogP contribution in [0.25, 0.3) is 0 Å². The molecule has 0 radical (unpaired) electrons. The Morgan fingerprint density at radius 1 is 1.08 bits per heavy atom. The third kappa shape index (κ3) is 4.24. The number of carboxylic acid groups (broad SMARTS) is 1. The average Bonchev–Trinajstić information content (AvgIpc) is 2.84. The number of fused-ring (bicyclic) bond motifs is 1. The molecule has 2 aromatic rings. The molecule has 7 nitrogen and oxygen atoms in total. The molecule has 7 heteroatoms. The zero-order chi connectivity index (χ0) is 18.5. The summed E-state index contributed by atoms with van der Waals surface area (Å²) in [6.07, 6.45) is 0.868. The molecule has 0 atom stereocenters. The van der Waals surface area contributed by atoms with Crippen molar-refractivity contribution < 1.29 is 34.0 Å². The van der Waals surface area contributed by atoms with Crippen LogP contribution in [-0.2, 0) is 11.2 Å². The molecule has 1 aliphatic heterocycles. The lowest BCUT2D eigenvalue weighted by molar-refractivity contribution is -0.307. The quantitative estimate of drug-likeness (QED) is 0.772. The number of phenols is 1.